The van der Waals surface area contributed by atoms with Crippen molar-refractivity contribution in [2.75, 3.05) is 13.7 Å². The molecule has 30 heavy (non-hydrogen) atoms. The number of unbranched alkanes of at least 4 members (excludes halogenated alkanes) is 13. The number of aliphatic hydroxyl groups excluding tert-OH is 2. The van der Waals surface area contributed by atoms with Crippen molar-refractivity contribution in [1.82, 2.24) is 0 Å². The highest BCUT2D eigenvalue weighted by atomic mass is 16.7. The second-order valence-electron chi connectivity index (χ2n) is 9.45. The van der Waals surface area contributed by atoms with Crippen LogP contribution in [0.2, 0.25) is 0 Å². The van der Waals surface area contributed by atoms with Crippen LogP contribution in [-0.2, 0) is 9.47 Å². The van der Waals surface area contributed by atoms with Gasteiger partial charge < -0.3 is 19.7 Å². The first-order chi connectivity index (χ1) is 14.7. The van der Waals surface area contributed by atoms with E-state index in [0.717, 1.165) is 25.7 Å². The molecule has 0 bridgehead atoms. The fourth-order valence-electron chi connectivity index (χ4n) is 5.05. The Hall–Kier alpha value is -0.160. The molecule has 4 nitrogen and oxygen atoms in total. The third-order valence-electron chi connectivity index (χ3n) is 6.97. The van der Waals surface area contributed by atoms with Gasteiger partial charge in [0.1, 0.15) is 6.10 Å². The molecule has 0 saturated carbocycles. The van der Waals surface area contributed by atoms with Crippen LogP contribution in [0.5, 0.6) is 0 Å². The van der Waals surface area contributed by atoms with E-state index >= 15 is 0 Å². The van der Waals surface area contributed by atoms with Crippen molar-refractivity contribution in [1.29, 1.82) is 0 Å². The molecule has 1 aliphatic rings. The lowest BCUT2D eigenvalue weighted by Gasteiger charge is -2.44. The van der Waals surface area contributed by atoms with Gasteiger partial charge in [-0.2, -0.15) is 0 Å². The zero-order chi connectivity index (χ0) is 22.0. The number of hydrogen-bond donors (Lipinski definition) is 2. The molecule has 2 N–H and O–H groups in total. The first-order valence-electron chi connectivity index (χ1n) is 13.2. The largest absolute Gasteiger partial charge is 0.394 e. The number of aliphatic hydroxyl groups is 2. The standard InChI is InChI=1S/C26H52O4/c1-4-6-8-10-11-12-13-14-15-16-18-19-22-23(20-17-9-7-5-2)26(29-3)30-24(21-27)25(22)28/h22-28H,4-21H2,1-3H3/t22-,23-,24-,25+,26?/m1/s1. The van der Waals surface area contributed by atoms with E-state index in [0.29, 0.717) is 0 Å². The quantitative estimate of drug-likeness (QED) is 0.227. The van der Waals surface area contributed by atoms with E-state index in [4.69, 9.17) is 9.47 Å². The molecule has 0 amide bonds. The number of rotatable bonds is 19. The SMILES string of the molecule is CCCCCCCCCCCCC[C@H]1[C@H](O)[C@@H](CO)OC(OC)[C@@H]1CCCCCC. The Balaban J connectivity index is 2.34. The van der Waals surface area contributed by atoms with Crippen LogP contribution in [0.3, 0.4) is 0 Å². The predicted octanol–water partition coefficient (Wildman–Crippen LogP) is 6.61. The van der Waals surface area contributed by atoms with Gasteiger partial charge in [-0.25, -0.2) is 0 Å². The van der Waals surface area contributed by atoms with E-state index in [2.05, 4.69) is 13.8 Å². The van der Waals surface area contributed by atoms with Gasteiger partial charge in [0.25, 0.3) is 0 Å². The van der Waals surface area contributed by atoms with Crippen molar-refractivity contribution in [3.8, 4) is 0 Å². The van der Waals surface area contributed by atoms with Crippen LogP contribution in [-0.4, -0.2) is 42.4 Å². The summed E-state index contributed by atoms with van der Waals surface area (Å²) < 4.78 is 11.5. The molecule has 1 heterocycles. The van der Waals surface area contributed by atoms with Gasteiger partial charge in [0, 0.05) is 13.0 Å². The third-order valence-corrected chi connectivity index (χ3v) is 6.97. The molecule has 5 atom stereocenters. The maximum atomic E-state index is 10.8. The van der Waals surface area contributed by atoms with Crippen LogP contribution in [0.4, 0.5) is 0 Å². The Morgan fingerprint density at radius 3 is 1.57 bits per heavy atom. The Morgan fingerprint density at radius 2 is 1.10 bits per heavy atom. The smallest absolute Gasteiger partial charge is 0.160 e. The fourth-order valence-corrected chi connectivity index (χ4v) is 5.05. The predicted molar refractivity (Wildman–Crippen MR) is 126 cm³/mol. The van der Waals surface area contributed by atoms with Crippen molar-refractivity contribution in [3.63, 3.8) is 0 Å². The van der Waals surface area contributed by atoms with Crippen molar-refractivity contribution in [2.45, 2.75) is 141 Å². The first-order valence-corrected chi connectivity index (χ1v) is 13.2. The number of hydrogen-bond acceptors (Lipinski definition) is 4. The molecule has 0 aliphatic carbocycles. The summed E-state index contributed by atoms with van der Waals surface area (Å²) in [6.45, 7) is 4.36. The lowest BCUT2D eigenvalue weighted by Crippen LogP contribution is -2.53. The molecule has 0 aromatic rings. The molecule has 1 saturated heterocycles. The van der Waals surface area contributed by atoms with Gasteiger partial charge in [-0.05, 0) is 18.8 Å². The van der Waals surface area contributed by atoms with Gasteiger partial charge >= 0.3 is 0 Å². The van der Waals surface area contributed by atoms with Crippen molar-refractivity contribution >= 4 is 0 Å². The second-order valence-corrected chi connectivity index (χ2v) is 9.45. The molecule has 1 aliphatic heterocycles. The summed E-state index contributed by atoms with van der Waals surface area (Å²) in [5.41, 5.74) is 0. The second kappa shape index (κ2) is 18.4. The van der Waals surface area contributed by atoms with E-state index in [1.54, 1.807) is 7.11 Å². The Bertz CT molecular complexity index is 376. The van der Waals surface area contributed by atoms with Gasteiger partial charge in [-0.3, -0.25) is 0 Å². The van der Waals surface area contributed by atoms with E-state index in [9.17, 15) is 10.2 Å². The topological polar surface area (TPSA) is 58.9 Å². The Kier molecular flexibility index (Phi) is 17.1. The van der Waals surface area contributed by atoms with E-state index in [1.807, 2.05) is 0 Å². The molecule has 0 radical (unpaired) electrons. The van der Waals surface area contributed by atoms with Crippen molar-refractivity contribution in [2.24, 2.45) is 11.8 Å². The molecule has 0 aromatic heterocycles. The summed E-state index contributed by atoms with van der Waals surface area (Å²) in [4.78, 5) is 0. The van der Waals surface area contributed by atoms with Crippen molar-refractivity contribution in [3.05, 3.63) is 0 Å². The minimum atomic E-state index is -0.583. The summed E-state index contributed by atoms with van der Waals surface area (Å²) in [6, 6.07) is 0. The Morgan fingerprint density at radius 1 is 0.667 bits per heavy atom. The third kappa shape index (κ3) is 10.9. The monoisotopic (exact) mass is 428 g/mol. The first kappa shape index (κ1) is 27.9. The van der Waals surface area contributed by atoms with E-state index in [-0.39, 0.29) is 24.7 Å². The molecule has 4 heteroatoms. The molecule has 180 valence electrons. The fraction of sp³-hybridized carbons (Fsp3) is 1.00. The number of ether oxygens (including phenoxy) is 2. The molecular weight excluding hydrogens is 376 g/mol. The zero-order valence-electron chi connectivity index (χ0n) is 20.3. The highest BCUT2D eigenvalue weighted by Gasteiger charge is 2.44. The summed E-state index contributed by atoms with van der Waals surface area (Å²) in [5.74, 6) is 0.397. The average molecular weight is 429 g/mol. The van der Waals surface area contributed by atoms with Crippen LogP contribution >= 0.6 is 0 Å². The van der Waals surface area contributed by atoms with Gasteiger partial charge in [0.15, 0.2) is 6.29 Å². The average Bonchev–Trinajstić information content (AvgIpc) is 2.76. The highest BCUT2D eigenvalue weighted by molar-refractivity contribution is 4.89. The van der Waals surface area contributed by atoms with Crippen LogP contribution in [0, 0.1) is 11.8 Å². The Labute approximate surface area is 187 Å². The summed E-state index contributed by atoms with van der Waals surface area (Å²) in [6.07, 6.45) is 20.2. The highest BCUT2D eigenvalue weighted by Crippen LogP contribution is 2.38. The van der Waals surface area contributed by atoms with Gasteiger partial charge in [0.05, 0.1) is 12.7 Å². The maximum Gasteiger partial charge on any atom is 0.160 e. The number of methoxy groups -OCH3 is 1. The minimum Gasteiger partial charge on any atom is -0.394 e. The van der Waals surface area contributed by atoms with Gasteiger partial charge in [0.2, 0.25) is 0 Å². The maximum absolute atomic E-state index is 10.8. The summed E-state index contributed by atoms with van der Waals surface area (Å²) >= 11 is 0. The van der Waals surface area contributed by atoms with Crippen LogP contribution in [0.1, 0.15) is 123 Å². The van der Waals surface area contributed by atoms with E-state index in [1.165, 1.54) is 83.5 Å². The molecule has 1 fully saturated rings. The van der Waals surface area contributed by atoms with Crippen molar-refractivity contribution < 1.29 is 19.7 Å². The van der Waals surface area contributed by atoms with Gasteiger partial charge in [-0.15, -0.1) is 0 Å². The summed E-state index contributed by atoms with van der Waals surface area (Å²) in [5, 5.41) is 20.5. The molecule has 0 spiro atoms. The lowest BCUT2D eigenvalue weighted by molar-refractivity contribution is -0.268. The van der Waals surface area contributed by atoms with Crippen LogP contribution in [0.15, 0.2) is 0 Å². The molecule has 1 rings (SSSR count). The van der Waals surface area contributed by atoms with E-state index < -0.39 is 12.2 Å². The van der Waals surface area contributed by atoms with Crippen LogP contribution < -0.4 is 0 Å². The van der Waals surface area contributed by atoms with Gasteiger partial charge in [-0.1, -0.05) is 110 Å². The summed E-state index contributed by atoms with van der Waals surface area (Å²) in [7, 11) is 1.69. The lowest BCUT2D eigenvalue weighted by atomic mass is 9.76. The minimum absolute atomic E-state index is 0.141. The van der Waals surface area contributed by atoms with Crippen LogP contribution in [0.25, 0.3) is 0 Å². The normalized spacial score (nSPS) is 26.9. The zero-order valence-corrected chi connectivity index (χ0v) is 20.3. The molecule has 1 unspecified atom stereocenters. The molecule has 0 aromatic carbocycles. The molecular formula is C26H52O4.